The minimum atomic E-state index is -4.57. The van der Waals surface area contributed by atoms with Crippen LogP contribution in [0.25, 0.3) is 0 Å². The van der Waals surface area contributed by atoms with Crippen molar-refractivity contribution in [2.24, 2.45) is 0 Å². The van der Waals surface area contributed by atoms with Crippen LogP contribution in [0.2, 0.25) is 5.02 Å². The van der Waals surface area contributed by atoms with Gasteiger partial charge in [0, 0.05) is 5.69 Å². The molecule has 0 radical (unpaired) electrons. The fourth-order valence-corrected chi connectivity index (χ4v) is 2.63. The molecule has 6 nitrogen and oxygen atoms in total. The van der Waals surface area contributed by atoms with E-state index in [1.165, 1.54) is 13.0 Å². The Bertz CT molecular complexity index is 917. The first-order valence-corrected chi connectivity index (χ1v) is 8.81. The predicted molar refractivity (Wildman–Crippen MR) is 84.2 cm³/mol. The topological polar surface area (TPSA) is 89.0 Å². The van der Waals surface area contributed by atoms with Crippen molar-refractivity contribution in [1.82, 2.24) is 9.97 Å². The first-order valence-electron chi connectivity index (χ1n) is 6.78. The lowest BCUT2D eigenvalue weighted by atomic mass is 10.2. The number of carbonyl (C=O) groups is 1. The third-order valence-electron chi connectivity index (χ3n) is 3.04. The van der Waals surface area contributed by atoms with E-state index in [-0.39, 0.29) is 16.5 Å². The molecule has 0 bridgehead atoms. The van der Waals surface area contributed by atoms with Gasteiger partial charge in [0.1, 0.15) is 0 Å². The molecule has 134 valence electrons. The van der Waals surface area contributed by atoms with Crippen molar-refractivity contribution >= 4 is 33.0 Å². The molecule has 0 saturated carbocycles. The highest BCUT2D eigenvalue weighted by Gasteiger charge is 2.30. The van der Waals surface area contributed by atoms with Crippen LogP contribution in [0.1, 0.15) is 23.0 Å². The molecule has 0 aliphatic heterocycles. The first-order chi connectivity index (χ1) is 11.5. The number of amides is 1. The Morgan fingerprint density at radius 1 is 1.32 bits per heavy atom. The monoisotopic (exact) mass is 393 g/mol. The molecule has 1 amide bonds. The van der Waals surface area contributed by atoms with Gasteiger partial charge in [-0.15, -0.1) is 0 Å². The third-order valence-corrected chi connectivity index (χ3v) is 4.83. The van der Waals surface area contributed by atoms with Crippen molar-refractivity contribution in [3.63, 3.8) is 0 Å². The van der Waals surface area contributed by atoms with Gasteiger partial charge in [-0.2, -0.15) is 13.2 Å². The summed E-state index contributed by atoms with van der Waals surface area (Å²) in [7, 11) is -3.78. The molecule has 1 aromatic heterocycles. The molecular formula is C14H11ClF3N3O3S. The number of rotatable bonds is 4. The molecule has 0 atom stereocenters. The Hall–Kier alpha value is -2.20. The van der Waals surface area contributed by atoms with Crippen molar-refractivity contribution in [3.05, 3.63) is 46.7 Å². The predicted octanol–water partition coefficient (Wildman–Crippen LogP) is 3.19. The molecule has 1 heterocycles. The van der Waals surface area contributed by atoms with Crippen LogP contribution in [0.4, 0.5) is 18.9 Å². The zero-order valence-electron chi connectivity index (χ0n) is 12.6. The van der Waals surface area contributed by atoms with E-state index in [0.29, 0.717) is 0 Å². The van der Waals surface area contributed by atoms with E-state index in [1.54, 1.807) is 0 Å². The molecule has 0 unspecified atom stereocenters. The summed E-state index contributed by atoms with van der Waals surface area (Å²) in [5.41, 5.74) is -1.55. The lowest BCUT2D eigenvalue weighted by molar-refractivity contribution is -0.137. The standard InChI is InChI=1S/C14H11ClF3N3O3S/c1-2-25(23,24)13-19-7-10(15)11(21-13)12(22)20-9-5-3-4-8(6-9)14(16,17)18/h3-7H,2H2,1H3,(H,20,22). The van der Waals surface area contributed by atoms with E-state index < -0.39 is 38.3 Å². The van der Waals surface area contributed by atoms with E-state index in [2.05, 4.69) is 15.3 Å². The molecule has 2 aromatic rings. The van der Waals surface area contributed by atoms with Crippen molar-refractivity contribution in [2.45, 2.75) is 18.3 Å². The summed E-state index contributed by atoms with van der Waals surface area (Å²) in [5, 5.41) is 1.37. The Morgan fingerprint density at radius 3 is 2.60 bits per heavy atom. The number of sulfone groups is 1. The maximum atomic E-state index is 12.7. The zero-order valence-corrected chi connectivity index (χ0v) is 14.2. The van der Waals surface area contributed by atoms with Crippen LogP contribution in [-0.4, -0.2) is 30.0 Å². The lowest BCUT2D eigenvalue weighted by Crippen LogP contribution is -2.18. The second kappa shape index (κ2) is 6.96. The number of aromatic nitrogens is 2. The van der Waals surface area contributed by atoms with Crippen molar-refractivity contribution in [1.29, 1.82) is 0 Å². The van der Waals surface area contributed by atoms with Gasteiger partial charge in [-0.1, -0.05) is 24.6 Å². The van der Waals surface area contributed by atoms with Crippen LogP contribution < -0.4 is 5.32 Å². The molecule has 1 N–H and O–H groups in total. The lowest BCUT2D eigenvalue weighted by Gasteiger charge is -2.10. The average molecular weight is 394 g/mol. The number of halogens is 4. The number of alkyl halides is 3. The minimum absolute atomic E-state index is 0.144. The number of hydrogen-bond acceptors (Lipinski definition) is 5. The zero-order chi connectivity index (χ0) is 18.8. The molecule has 0 fully saturated rings. The van der Waals surface area contributed by atoms with Gasteiger partial charge in [-0.3, -0.25) is 4.79 Å². The smallest absolute Gasteiger partial charge is 0.321 e. The summed E-state index contributed by atoms with van der Waals surface area (Å²) < 4.78 is 61.6. The Labute approximate surface area is 146 Å². The van der Waals surface area contributed by atoms with Crippen LogP contribution in [0.3, 0.4) is 0 Å². The molecule has 0 saturated heterocycles. The van der Waals surface area contributed by atoms with Gasteiger partial charge >= 0.3 is 6.18 Å². The number of benzene rings is 1. The van der Waals surface area contributed by atoms with E-state index in [4.69, 9.17) is 11.6 Å². The number of hydrogen-bond donors (Lipinski definition) is 1. The normalized spacial score (nSPS) is 12.0. The SMILES string of the molecule is CCS(=O)(=O)c1ncc(Cl)c(C(=O)Nc2cccc(C(F)(F)F)c2)n1. The summed E-state index contributed by atoms with van der Waals surface area (Å²) in [6, 6.07) is 3.94. The quantitative estimate of drug-likeness (QED) is 0.806. The molecular weight excluding hydrogens is 383 g/mol. The summed E-state index contributed by atoms with van der Waals surface area (Å²) in [6.07, 6.45) is -3.63. The summed E-state index contributed by atoms with van der Waals surface area (Å²) >= 11 is 5.79. The second-order valence-electron chi connectivity index (χ2n) is 4.79. The molecule has 2 rings (SSSR count). The van der Waals surface area contributed by atoms with E-state index in [1.807, 2.05) is 0 Å². The maximum absolute atomic E-state index is 12.7. The highest BCUT2D eigenvalue weighted by molar-refractivity contribution is 7.91. The highest BCUT2D eigenvalue weighted by Crippen LogP contribution is 2.30. The van der Waals surface area contributed by atoms with Gasteiger partial charge in [0.25, 0.3) is 5.91 Å². The van der Waals surface area contributed by atoms with Gasteiger partial charge in [0.05, 0.1) is 22.5 Å². The van der Waals surface area contributed by atoms with Crippen molar-refractivity contribution in [2.75, 3.05) is 11.1 Å². The fraction of sp³-hybridized carbons (Fsp3) is 0.214. The van der Waals surface area contributed by atoms with Crippen LogP contribution in [0, 0.1) is 0 Å². The number of carbonyl (C=O) groups excluding carboxylic acids is 1. The van der Waals surface area contributed by atoms with Crippen molar-refractivity contribution < 1.29 is 26.4 Å². The summed E-state index contributed by atoms with van der Waals surface area (Å²) in [6.45, 7) is 1.37. The summed E-state index contributed by atoms with van der Waals surface area (Å²) in [4.78, 5) is 19.4. The Morgan fingerprint density at radius 2 is 2.00 bits per heavy atom. The molecule has 0 aliphatic carbocycles. The largest absolute Gasteiger partial charge is 0.416 e. The van der Waals surface area contributed by atoms with E-state index in [0.717, 1.165) is 24.4 Å². The van der Waals surface area contributed by atoms with Gasteiger partial charge in [0.2, 0.25) is 15.0 Å². The highest BCUT2D eigenvalue weighted by atomic mass is 35.5. The number of nitrogens with zero attached hydrogens (tertiary/aromatic N) is 2. The van der Waals surface area contributed by atoms with E-state index in [9.17, 15) is 26.4 Å². The fourth-order valence-electron chi connectivity index (χ4n) is 1.75. The van der Waals surface area contributed by atoms with E-state index >= 15 is 0 Å². The first kappa shape index (κ1) is 19.1. The molecule has 0 aliphatic rings. The molecule has 0 spiro atoms. The van der Waals surface area contributed by atoms with Crippen LogP contribution >= 0.6 is 11.6 Å². The Balaban J connectivity index is 2.35. The molecule has 11 heteroatoms. The third kappa shape index (κ3) is 4.45. The van der Waals surface area contributed by atoms with Crippen LogP contribution in [-0.2, 0) is 16.0 Å². The van der Waals surface area contributed by atoms with Gasteiger partial charge in [0.15, 0.2) is 5.69 Å². The second-order valence-corrected chi connectivity index (χ2v) is 7.36. The van der Waals surface area contributed by atoms with Crippen molar-refractivity contribution in [3.8, 4) is 0 Å². The molecule has 1 aromatic carbocycles. The minimum Gasteiger partial charge on any atom is -0.321 e. The van der Waals surface area contributed by atoms with Crippen LogP contribution in [0.15, 0.2) is 35.6 Å². The van der Waals surface area contributed by atoms with Crippen LogP contribution in [0.5, 0.6) is 0 Å². The maximum Gasteiger partial charge on any atom is 0.416 e. The van der Waals surface area contributed by atoms with Gasteiger partial charge in [-0.05, 0) is 18.2 Å². The van der Waals surface area contributed by atoms with Gasteiger partial charge in [-0.25, -0.2) is 18.4 Å². The number of nitrogens with one attached hydrogen (secondary N) is 1. The Kier molecular flexibility index (Phi) is 5.33. The summed E-state index contributed by atoms with van der Waals surface area (Å²) in [5.74, 6) is -1.25. The number of anilines is 1. The molecule has 25 heavy (non-hydrogen) atoms. The van der Waals surface area contributed by atoms with Gasteiger partial charge < -0.3 is 5.32 Å². The average Bonchev–Trinajstić information content (AvgIpc) is 2.54.